The molecule has 1 aromatic heterocycles. The van der Waals surface area contributed by atoms with Gasteiger partial charge in [0.05, 0.1) is 31.3 Å². The van der Waals surface area contributed by atoms with Crippen LogP contribution in [-0.4, -0.2) is 106 Å². The summed E-state index contributed by atoms with van der Waals surface area (Å²) in [5, 5.41) is 60.9. The van der Waals surface area contributed by atoms with Gasteiger partial charge in [-0.25, -0.2) is 0 Å². The highest BCUT2D eigenvalue weighted by Crippen LogP contribution is 2.29. The molecule has 2 aromatic carbocycles. The number of hydrogen-bond acceptors (Lipinski definition) is 13. The number of methoxy groups -OCH3 is 1. The number of benzene rings is 2. The number of aliphatic hydroxyl groups excluding tert-OH is 6. The molecule has 2 fully saturated rings. The third-order valence-electron chi connectivity index (χ3n) is 6.95. The van der Waals surface area contributed by atoms with Crippen molar-refractivity contribution in [2.24, 2.45) is 0 Å². The van der Waals surface area contributed by atoms with Crippen LogP contribution < -0.4 is 14.9 Å². The summed E-state index contributed by atoms with van der Waals surface area (Å²) in [6, 6.07) is 11.3. The molecule has 0 amide bonds. The van der Waals surface area contributed by atoms with Crippen molar-refractivity contribution >= 4 is 11.0 Å². The minimum Gasteiger partial charge on any atom is -0.497 e. The first-order valence-electron chi connectivity index (χ1n) is 12.5. The molecule has 3 heterocycles. The third-order valence-corrected chi connectivity index (χ3v) is 6.95. The molecule has 13 nitrogen and oxygen atoms in total. The van der Waals surface area contributed by atoms with Crippen LogP contribution in [0.3, 0.4) is 0 Å². The predicted molar refractivity (Wildman–Crippen MR) is 135 cm³/mol. The number of aliphatic hydroxyl groups is 6. The second-order valence-electron chi connectivity index (χ2n) is 9.58. The van der Waals surface area contributed by atoms with Crippen LogP contribution in [0.1, 0.15) is 0 Å². The fraction of sp³-hybridized carbons (Fsp3) is 0.444. The molecule has 0 aliphatic carbocycles. The van der Waals surface area contributed by atoms with Crippen LogP contribution in [-0.2, 0) is 14.2 Å². The standard InChI is InChI=1S/C27H30O13/c1-35-13-4-2-12(3-5-13)16-9-36-18-8-14(6-7-15(18)20(16)29)39-27-25(34)23(32)22(31)19(40-27)11-38-26-24(33)21(30)17(28)10-37-26/h2-9,17,19,21-28,30-34H,10-11H2,1H3/t17-,19?,21+,22-,23+,24?,25?,26+,27-/m1/s1. The fourth-order valence-electron chi connectivity index (χ4n) is 4.55. The quantitative estimate of drug-likeness (QED) is 0.208. The largest absolute Gasteiger partial charge is 0.497 e. The van der Waals surface area contributed by atoms with Gasteiger partial charge in [0, 0.05) is 6.07 Å². The summed E-state index contributed by atoms with van der Waals surface area (Å²) in [7, 11) is 1.55. The zero-order valence-corrected chi connectivity index (χ0v) is 21.3. The molecule has 5 rings (SSSR count). The summed E-state index contributed by atoms with van der Waals surface area (Å²) in [6.07, 6.45) is -12.0. The van der Waals surface area contributed by atoms with Gasteiger partial charge in [0.2, 0.25) is 6.29 Å². The zero-order valence-electron chi connectivity index (χ0n) is 21.3. The van der Waals surface area contributed by atoms with Crippen LogP contribution >= 0.6 is 0 Å². The molecule has 0 spiro atoms. The maximum absolute atomic E-state index is 13.1. The monoisotopic (exact) mass is 562 g/mol. The maximum atomic E-state index is 13.1. The van der Waals surface area contributed by atoms with Crippen LogP contribution in [0.25, 0.3) is 22.1 Å². The first-order chi connectivity index (χ1) is 19.2. The van der Waals surface area contributed by atoms with Crippen LogP contribution in [0.15, 0.2) is 57.9 Å². The van der Waals surface area contributed by atoms with E-state index < -0.39 is 61.9 Å². The van der Waals surface area contributed by atoms with E-state index in [0.29, 0.717) is 16.9 Å². The summed E-state index contributed by atoms with van der Waals surface area (Å²) in [6.45, 7) is -0.709. The Labute approximate surface area is 227 Å². The van der Waals surface area contributed by atoms with E-state index in [1.54, 1.807) is 31.4 Å². The SMILES string of the molecule is COc1ccc(-c2coc3cc(O[C@@H]4OC(CO[C@@H]5OC[C@@H](O)[C@H](O)C5O)[C@@H](O)[C@H](O)C4O)ccc3c2=O)cc1. The van der Waals surface area contributed by atoms with Gasteiger partial charge in [-0.15, -0.1) is 0 Å². The average Bonchev–Trinajstić information content (AvgIpc) is 2.96. The highest BCUT2D eigenvalue weighted by molar-refractivity contribution is 5.82. The first kappa shape index (κ1) is 28.4. The number of hydrogen-bond donors (Lipinski definition) is 6. The minimum absolute atomic E-state index is 0.142. The molecular weight excluding hydrogens is 532 g/mol. The van der Waals surface area contributed by atoms with Gasteiger partial charge in [0.15, 0.2) is 11.7 Å². The molecule has 2 aliphatic heterocycles. The van der Waals surface area contributed by atoms with Crippen LogP contribution in [0.4, 0.5) is 0 Å². The van der Waals surface area contributed by atoms with Gasteiger partial charge in [-0.1, -0.05) is 12.1 Å². The van der Waals surface area contributed by atoms with E-state index in [-0.39, 0.29) is 28.8 Å². The zero-order chi connectivity index (χ0) is 28.6. The molecular formula is C27H30O13. The summed E-state index contributed by atoms with van der Waals surface area (Å²) in [4.78, 5) is 13.1. The Morgan fingerprint density at radius 2 is 1.55 bits per heavy atom. The Bertz CT molecular complexity index is 1360. The van der Waals surface area contributed by atoms with Crippen molar-refractivity contribution in [3.63, 3.8) is 0 Å². The van der Waals surface area contributed by atoms with E-state index in [9.17, 15) is 35.4 Å². The Morgan fingerprint density at radius 3 is 2.27 bits per heavy atom. The normalized spacial score (nSPS) is 32.6. The molecule has 6 N–H and O–H groups in total. The second-order valence-corrected chi connectivity index (χ2v) is 9.58. The van der Waals surface area contributed by atoms with Crippen molar-refractivity contribution in [2.75, 3.05) is 20.3 Å². The number of fused-ring (bicyclic) bond motifs is 1. The molecule has 0 bridgehead atoms. The molecule has 2 aliphatic rings. The van der Waals surface area contributed by atoms with Crippen LogP contribution in [0.5, 0.6) is 11.5 Å². The Hall–Kier alpha value is -3.11. The van der Waals surface area contributed by atoms with Crippen molar-refractivity contribution in [1.29, 1.82) is 0 Å². The van der Waals surface area contributed by atoms with Crippen molar-refractivity contribution in [1.82, 2.24) is 0 Å². The Kier molecular flexibility index (Phi) is 8.37. The van der Waals surface area contributed by atoms with E-state index in [4.69, 9.17) is 28.1 Å². The minimum atomic E-state index is -1.68. The topological polar surface area (TPSA) is 198 Å². The fourth-order valence-corrected chi connectivity index (χ4v) is 4.55. The summed E-state index contributed by atoms with van der Waals surface area (Å²) < 4.78 is 32.8. The second kappa shape index (κ2) is 11.8. The predicted octanol–water partition coefficient (Wildman–Crippen LogP) is -0.889. The van der Waals surface area contributed by atoms with E-state index in [2.05, 4.69) is 0 Å². The lowest BCUT2D eigenvalue weighted by Crippen LogP contribution is -2.61. The van der Waals surface area contributed by atoms with Crippen molar-refractivity contribution in [3.8, 4) is 22.6 Å². The van der Waals surface area contributed by atoms with Crippen molar-refractivity contribution in [2.45, 2.75) is 55.3 Å². The lowest BCUT2D eigenvalue weighted by molar-refractivity contribution is -0.307. The highest BCUT2D eigenvalue weighted by atomic mass is 16.7. The molecule has 9 atom stereocenters. The van der Waals surface area contributed by atoms with Crippen molar-refractivity contribution in [3.05, 3.63) is 59.0 Å². The molecule has 3 unspecified atom stereocenters. The molecule has 40 heavy (non-hydrogen) atoms. The molecule has 0 radical (unpaired) electrons. The van der Waals surface area contributed by atoms with Gasteiger partial charge in [-0.3, -0.25) is 4.79 Å². The lowest BCUT2D eigenvalue weighted by atomic mass is 9.99. The van der Waals surface area contributed by atoms with Gasteiger partial charge < -0.3 is 58.7 Å². The number of ether oxygens (including phenoxy) is 5. The average molecular weight is 563 g/mol. The highest BCUT2D eigenvalue weighted by Gasteiger charge is 2.46. The summed E-state index contributed by atoms with van der Waals surface area (Å²) in [5.41, 5.74) is 0.930. The van der Waals surface area contributed by atoms with Crippen molar-refractivity contribution < 1.29 is 58.7 Å². The Morgan fingerprint density at radius 1 is 0.850 bits per heavy atom. The van der Waals surface area contributed by atoms with Gasteiger partial charge in [-0.05, 0) is 29.8 Å². The van der Waals surface area contributed by atoms with Gasteiger partial charge in [-0.2, -0.15) is 0 Å². The van der Waals surface area contributed by atoms with E-state index in [0.717, 1.165) is 0 Å². The third kappa shape index (κ3) is 5.56. The first-order valence-corrected chi connectivity index (χ1v) is 12.5. The molecule has 13 heteroatoms. The molecule has 0 saturated carbocycles. The van der Waals surface area contributed by atoms with E-state index in [1.165, 1.54) is 24.5 Å². The maximum Gasteiger partial charge on any atom is 0.229 e. The van der Waals surface area contributed by atoms with E-state index in [1.807, 2.05) is 0 Å². The molecule has 216 valence electrons. The molecule has 3 aromatic rings. The Balaban J connectivity index is 1.29. The van der Waals surface area contributed by atoms with Gasteiger partial charge >= 0.3 is 0 Å². The van der Waals surface area contributed by atoms with Crippen LogP contribution in [0, 0.1) is 0 Å². The summed E-state index contributed by atoms with van der Waals surface area (Å²) in [5.74, 6) is 0.788. The van der Waals surface area contributed by atoms with Gasteiger partial charge in [0.1, 0.15) is 66.1 Å². The van der Waals surface area contributed by atoms with Crippen LogP contribution in [0.2, 0.25) is 0 Å². The van der Waals surface area contributed by atoms with Gasteiger partial charge in [0.25, 0.3) is 0 Å². The van der Waals surface area contributed by atoms with E-state index >= 15 is 0 Å². The molecule has 2 saturated heterocycles. The summed E-state index contributed by atoms with van der Waals surface area (Å²) >= 11 is 0. The lowest BCUT2D eigenvalue weighted by Gasteiger charge is -2.41. The smallest absolute Gasteiger partial charge is 0.229 e. The number of rotatable bonds is 7.